The lowest BCUT2D eigenvalue weighted by Crippen LogP contribution is -2.28. The first-order chi connectivity index (χ1) is 13.9. The Kier molecular flexibility index (Phi) is 6.12. The first kappa shape index (κ1) is 20.7. The number of carbonyl (C=O) groups is 1. The van der Waals surface area contributed by atoms with Crippen LogP contribution in [0.3, 0.4) is 0 Å². The molecule has 0 fully saturated rings. The maximum absolute atomic E-state index is 12.4. The quantitative estimate of drug-likeness (QED) is 0.564. The highest BCUT2D eigenvalue weighted by molar-refractivity contribution is 5.94. The number of aromatic nitrogens is 1. The molecule has 0 saturated heterocycles. The van der Waals surface area contributed by atoms with Crippen molar-refractivity contribution in [1.29, 1.82) is 0 Å². The fraction of sp³-hybridized carbons (Fsp3) is 0.429. The van der Waals surface area contributed by atoms with Crippen molar-refractivity contribution in [2.24, 2.45) is 11.1 Å². The van der Waals surface area contributed by atoms with Crippen LogP contribution in [0.25, 0.3) is 11.3 Å². The van der Waals surface area contributed by atoms with Gasteiger partial charge in [0.2, 0.25) is 0 Å². The van der Waals surface area contributed by atoms with Gasteiger partial charge < -0.3 is 19.1 Å². The van der Waals surface area contributed by atoms with Crippen molar-refractivity contribution in [3.63, 3.8) is 0 Å². The van der Waals surface area contributed by atoms with Crippen LogP contribution in [0.15, 0.2) is 34.4 Å². The standard InChI is InChI=1S/C21H24N2O6/c1-12(2)16-7-13-8-20(29-6-4-5-28-3)19(25)9-14(13)17-10-18(24)15(11-23(16)17)21(26)22-27/h8-12,16,25H,4-7H2,1-3H3/t16-/m0/s1. The van der Waals surface area contributed by atoms with Gasteiger partial charge in [-0.1, -0.05) is 13.8 Å². The first-order valence-electron chi connectivity index (χ1n) is 9.49. The molecule has 1 atom stereocenters. The molecule has 1 aromatic heterocycles. The molecule has 1 aromatic carbocycles. The number of pyridine rings is 1. The monoisotopic (exact) mass is 400 g/mol. The second-order valence-electron chi connectivity index (χ2n) is 7.43. The molecule has 0 bridgehead atoms. The average molecular weight is 400 g/mol. The Balaban J connectivity index is 2.08. The lowest BCUT2D eigenvalue weighted by atomic mass is 9.87. The number of nitroso groups, excluding NO2 is 1. The molecule has 1 N–H and O–H groups in total. The Morgan fingerprint density at radius 2 is 2.07 bits per heavy atom. The van der Waals surface area contributed by atoms with Gasteiger partial charge in [-0.2, -0.15) is 0 Å². The van der Waals surface area contributed by atoms with E-state index in [1.165, 1.54) is 12.3 Å². The van der Waals surface area contributed by atoms with Crippen molar-refractivity contribution in [3.8, 4) is 22.8 Å². The van der Waals surface area contributed by atoms with Gasteiger partial charge in [0.15, 0.2) is 16.9 Å². The highest BCUT2D eigenvalue weighted by Crippen LogP contribution is 2.42. The van der Waals surface area contributed by atoms with Gasteiger partial charge in [-0.3, -0.25) is 9.59 Å². The van der Waals surface area contributed by atoms with E-state index in [1.54, 1.807) is 19.2 Å². The van der Waals surface area contributed by atoms with Crippen LogP contribution in [0, 0.1) is 10.8 Å². The second-order valence-corrected chi connectivity index (χ2v) is 7.43. The SMILES string of the molecule is COCCCOc1cc2c(cc1O)-c1cc(=O)c(C(=O)N=O)cn1[C@H](C(C)C)C2. The number of hydrogen-bond donors (Lipinski definition) is 1. The van der Waals surface area contributed by atoms with Gasteiger partial charge in [0, 0.05) is 49.2 Å². The summed E-state index contributed by atoms with van der Waals surface area (Å²) >= 11 is 0. The van der Waals surface area contributed by atoms with Gasteiger partial charge in [0.1, 0.15) is 5.56 Å². The van der Waals surface area contributed by atoms with Crippen LogP contribution in [0.2, 0.25) is 0 Å². The van der Waals surface area contributed by atoms with Crippen molar-refractivity contribution < 1.29 is 19.4 Å². The lowest BCUT2D eigenvalue weighted by molar-refractivity contribution is 0.0998. The Bertz CT molecular complexity index is 995. The summed E-state index contributed by atoms with van der Waals surface area (Å²) in [5.41, 5.74) is 1.39. The molecular formula is C21H24N2O6. The molecule has 1 amide bonds. The summed E-state index contributed by atoms with van der Waals surface area (Å²) in [4.78, 5) is 34.8. The van der Waals surface area contributed by atoms with Crippen molar-refractivity contribution in [3.05, 3.63) is 50.7 Å². The molecule has 0 spiro atoms. The predicted octanol–water partition coefficient (Wildman–Crippen LogP) is 3.30. The van der Waals surface area contributed by atoms with Gasteiger partial charge in [0.25, 0.3) is 0 Å². The molecule has 0 saturated carbocycles. The lowest BCUT2D eigenvalue weighted by Gasteiger charge is -2.33. The Hall–Kier alpha value is -3.00. The zero-order chi connectivity index (χ0) is 21.1. The molecule has 29 heavy (non-hydrogen) atoms. The summed E-state index contributed by atoms with van der Waals surface area (Å²) in [6, 6.07) is 4.65. The van der Waals surface area contributed by atoms with Crippen LogP contribution < -0.4 is 10.2 Å². The molecule has 2 heterocycles. The molecule has 0 aliphatic carbocycles. The van der Waals surface area contributed by atoms with E-state index in [1.807, 2.05) is 18.4 Å². The van der Waals surface area contributed by atoms with E-state index in [4.69, 9.17) is 9.47 Å². The third-order valence-corrected chi connectivity index (χ3v) is 5.16. The van der Waals surface area contributed by atoms with Gasteiger partial charge in [-0.25, -0.2) is 0 Å². The van der Waals surface area contributed by atoms with Gasteiger partial charge in [-0.05, 0) is 30.0 Å². The van der Waals surface area contributed by atoms with Crippen molar-refractivity contribution in [1.82, 2.24) is 4.57 Å². The third-order valence-electron chi connectivity index (χ3n) is 5.16. The minimum Gasteiger partial charge on any atom is -0.504 e. The van der Waals surface area contributed by atoms with Crippen LogP contribution in [0.5, 0.6) is 11.5 Å². The summed E-state index contributed by atoms with van der Waals surface area (Å²) in [5.74, 6) is -0.536. The zero-order valence-electron chi connectivity index (χ0n) is 16.7. The number of rotatable bonds is 7. The van der Waals surface area contributed by atoms with E-state index < -0.39 is 11.3 Å². The summed E-state index contributed by atoms with van der Waals surface area (Å²) in [7, 11) is 1.62. The summed E-state index contributed by atoms with van der Waals surface area (Å²) in [6.45, 7) is 5.06. The molecular weight excluding hydrogens is 376 g/mol. The van der Waals surface area contributed by atoms with Gasteiger partial charge >= 0.3 is 5.91 Å². The number of ether oxygens (including phenoxy) is 2. The predicted molar refractivity (Wildman–Crippen MR) is 107 cm³/mol. The van der Waals surface area contributed by atoms with Crippen LogP contribution in [0.4, 0.5) is 0 Å². The van der Waals surface area contributed by atoms with E-state index in [0.717, 1.165) is 5.56 Å². The molecule has 1 aliphatic heterocycles. The van der Waals surface area contributed by atoms with Gasteiger partial charge in [0.05, 0.1) is 12.3 Å². The largest absolute Gasteiger partial charge is 0.504 e. The average Bonchev–Trinajstić information content (AvgIpc) is 2.70. The summed E-state index contributed by atoms with van der Waals surface area (Å²) in [5, 5.41) is 12.8. The molecule has 154 valence electrons. The number of fused-ring (bicyclic) bond motifs is 3. The van der Waals surface area contributed by atoms with E-state index in [9.17, 15) is 19.6 Å². The minimum atomic E-state index is -1.08. The maximum atomic E-state index is 12.4. The Morgan fingerprint density at radius 1 is 1.31 bits per heavy atom. The number of phenolic OH excluding ortho intramolecular Hbond substituents is 1. The normalized spacial score (nSPS) is 15.0. The van der Waals surface area contributed by atoms with E-state index in [0.29, 0.717) is 43.1 Å². The number of aromatic hydroxyl groups is 1. The minimum absolute atomic E-state index is 0.0297. The van der Waals surface area contributed by atoms with E-state index in [-0.39, 0.29) is 23.3 Å². The first-order valence-corrected chi connectivity index (χ1v) is 9.49. The number of amides is 1. The molecule has 8 nitrogen and oxygen atoms in total. The molecule has 3 rings (SSSR count). The maximum Gasteiger partial charge on any atom is 0.322 e. The highest BCUT2D eigenvalue weighted by atomic mass is 16.5. The smallest absolute Gasteiger partial charge is 0.322 e. The fourth-order valence-corrected chi connectivity index (χ4v) is 3.65. The van der Waals surface area contributed by atoms with E-state index in [2.05, 4.69) is 5.18 Å². The van der Waals surface area contributed by atoms with Gasteiger partial charge in [-0.15, -0.1) is 4.91 Å². The Labute approximate surface area is 168 Å². The summed E-state index contributed by atoms with van der Waals surface area (Å²) < 4.78 is 12.5. The van der Waals surface area contributed by atoms with Crippen LogP contribution in [-0.4, -0.2) is 35.9 Å². The molecule has 0 radical (unpaired) electrons. The second kappa shape index (κ2) is 8.57. The van der Waals surface area contributed by atoms with Crippen molar-refractivity contribution >= 4 is 5.91 Å². The number of phenols is 1. The van der Waals surface area contributed by atoms with Crippen LogP contribution in [0.1, 0.15) is 42.2 Å². The number of carbonyl (C=O) groups excluding carboxylic acids is 1. The fourth-order valence-electron chi connectivity index (χ4n) is 3.65. The third kappa shape index (κ3) is 4.07. The van der Waals surface area contributed by atoms with E-state index >= 15 is 0 Å². The Morgan fingerprint density at radius 3 is 2.72 bits per heavy atom. The van der Waals surface area contributed by atoms with Crippen LogP contribution in [-0.2, 0) is 11.2 Å². The topological polar surface area (TPSA) is 107 Å². The number of benzene rings is 1. The van der Waals surface area contributed by atoms with Crippen LogP contribution >= 0.6 is 0 Å². The van der Waals surface area contributed by atoms with Crippen molar-refractivity contribution in [2.45, 2.75) is 32.7 Å². The zero-order valence-corrected chi connectivity index (χ0v) is 16.7. The molecule has 0 unspecified atom stereocenters. The number of nitrogens with zero attached hydrogens (tertiary/aromatic N) is 2. The molecule has 2 aromatic rings. The number of hydrogen-bond acceptors (Lipinski definition) is 6. The molecule has 1 aliphatic rings. The highest BCUT2D eigenvalue weighted by Gasteiger charge is 2.29. The number of methoxy groups -OCH3 is 1. The molecule has 8 heteroatoms. The summed E-state index contributed by atoms with van der Waals surface area (Å²) in [6.07, 6.45) is 2.72. The van der Waals surface area contributed by atoms with Crippen molar-refractivity contribution in [2.75, 3.05) is 20.3 Å².